The third kappa shape index (κ3) is 3.42. The molecule has 0 unspecified atom stereocenters. The van der Waals surface area contributed by atoms with Crippen LogP contribution in [0.1, 0.15) is 33.9 Å². The van der Waals surface area contributed by atoms with Crippen molar-refractivity contribution in [1.29, 1.82) is 0 Å². The van der Waals surface area contributed by atoms with Crippen LogP contribution in [0, 0.1) is 13.8 Å². The summed E-state index contributed by atoms with van der Waals surface area (Å²) in [5.74, 6) is -0.694. The molecule has 0 aliphatic heterocycles. The molecule has 1 aliphatic rings. The maximum Gasteiger partial charge on any atom is 0.274 e. The molecule has 0 radical (unpaired) electrons. The fraction of sp³-hybridized carbons (Fsp3) is 0.353. The quantitative estimate of drug-likeness (QED) is 0.915. The molecular weight excluding hydrogens is 310 g/mol. The molecule has 0 saturated heterocycles. The first kappa shape index (κ1) is 15.7. The van der Waals surface area contributed by atoms with Crippen LogP contribution in [0.15, 0.2) is 24.3 Å². The average Bonchev–Trinajstić information content (AvgIpc) is 3.27. The van der Waals surface area contributed by atoms with E-state index in [1.165, 1.54) is 11.3 Å². The predicted octanol–water partition coefficient (Wildman–Crippen LogP) is 2.52. The zero-order valence-corrected chi connectivity index (χ0v) is 14.0. The maximum absolute atomic E-state index is 12.9. The van der Waals surface area contributed by atoms with Crippen LogP contribution in [-0.2, 0) is 4.79 Å². The lowest BCUT2D eigenvalue weighted by atomic mass is 10.1. The number of nitrogens with zero attached hydrogens (tertiary/aromatic N) is 2. The average molecular weight is 329 g/mol. The zero-order valence-electron chi connectivity index (χ0n) is 13.2. The molecule has 0 bridgehead atoms. The first-order valence-electron chi connectivity index (χ1n) is 7.59. The normalized spacial score (nSPS) is 13.8. The molecule has 23 heavy (non-hydrogen) atoms. The minimum absolute atomic E-state index is 0.0482. The van der Waals surface area contributed by atoms with Crippen LogP contribution in [0.5, 0.6) is 0 Å². The van der Waals surface area contributed by atoms with E-state index < -0.39 is 5.91 Å². The summed E-state index contributed by atoms with van der Waals surface area (Å²) in [6, 6.07) is 8.13. The van der Waals surface area contributed by atoms with Crippen LogP contribution in [0.2, 0.25) is 0 Å². The predicted molar refractivity (Wildman–Crippen MR) is 90.3 cm³/mol. The Balaban J connectivity index is 1.97. The van der Waals surface area contributed by atoms with Crippen molar-refractivity contribution in [3.8, 4) is 10.4 Å². The van der Waals surface area contributed by atoms with Gasteiger partial charge in [-0.3, -0.25) is 9.59 Å². The largest absolute Gasteiger partial charge is 0.368 e. The third-order valence-corrected chi connectivity index (χ3v) is 4.84. The Morgan fingerprint density at radius 1 is 1.26 bits per heavy atom. The van der Waals surface area contributed by atoms with E-state index in [1.54, 1.807) is 4.90 Å². The lowest BCUT2D eigenvalue weighted by Gasteiger charge is -2.20. The molecule has 3 rings (SSSR count). The SMILES string of the molecule is Cc1ccc(-c2sc(C)nc2C(=O)N(CC(N)=O)C2CC2)cc1. The molecule has 6 heteroatoms. The van der Waals surface area contributed by atoms with Crippen molar-refractivity contribution in [3.63, 3.8) is 0 Å². The monoisotopic (exact) mass is 329 g/mol. The molecule has 1 fully saturated rings. The van der Waals surface area contributed by atoms with Crippen molar-refractivity contribution in [3.05, 3.63) is 40.5 Å². The van der Waals surface area contributed by atoms with Gasteiger partial charge >= 0.3 is 0 Å². The van der Waals surface area contributed by atoms with Gasteiger partial charge in [0.2, 0.25) is 5.91 Å². The molecular formula is C17H19N3O2S. The van der Waals surface area contributed by atoms with Gasteiger partial charge in [-0.25, -0.2) is 4.98 Å². The van der Waals surface area contributed by atoms with Gasteiger partial charge in [0.05, 0.1) is 16.4 Å². The Kier molecular flexibility index (Phi) is 4.17. The van der Waals surface area contributed by atoms with Gasteiger partial charge in [0.1, 0.15) is 5.69 Å². The lowest BCUT2D eigenvalue weighted by Crippen LogP contribution is -2.40. The number of primary amides is 1. The number of aryl methyl sites for hydroxylation is 2. The summed E-state index contributed by atoms with van der Waals surface area (Å²) in [4.78, 5) is 31.0. The number of carbonyl (C=O) groups is 2. The van der Waals surface area contributed by atoms with Crippen LogP contribution in [0.4, 0.5) is 0 Å². The number of nitrogens with two attached hydrogens (primary N) is 1. The molecule has 0 spiro atoms. The Morgan fingerprint density at radius 3 is 2.48 bits per heavy atom. The Morgan fingerprint density at radius 2 is 1.91 bits per heavy atom. The third-order valence-electron chi connectivity index (χ3n) is 3.83. The van der Waals surface area contributed by atoms with Crippen molar-refractivity contribution in [2.45, 2.75) is 32.7 Å². The minimum Gasteiger partial charge on any atom is -0.368 e. The summed E-state index contributed by atoms with van der Waals surface area (Å²) in [6.07, 6.45) is 1.84. The van der Waals surface area contributed by atoms with Gasteiger partial charge < -0.3 is 10.6 Å². The maximum atomic E-state index is 12.9. The first-order chi connectivity index (χ1) is 11.0. The second-order valence-electron chi connectivity index (χ2n) is 5.91. The lowest BCUT2D eigenvalue weighted by molar-refractivity contribution is -0.118. The number of thiazole rings is 1. The van der Waals surface area contributed by atoms with Crippen molar-refractivity contribution in [2.75, 3.05) is 6.54 Å². The highest BCUT2D eigenvalue weighted by Crippen LogP contribution is 2.34. The molecule has 120 valence electrons. The summed E-state index contributed by atoms with van der Waals surface area (Å²) < 4.78 is 0. The highest BCUT2D eigenvalue weighted by atomic mass is 32.1. The van der Waals surface area contributed by atoms with E-state index >= 15 is 0 Å². The molecule has 1 aromatic heterocycles. The molecule has 0 atom stereocenters. The van der Waals surface area contributed by atoms with Gasteiger partial charge in [-0.15, -0.1) is 11.3 Å². The number of amides is 2. The summed E-state index contributed by atoms with van der Waals surface area (Å²) in [7, 11) is 0. The van der Waals surface area contributed by atoms with E-state index in [4.69, 9.17) is 5.73 Å². The second-order valence-corrected chi connectivity index (χ2v) is 7.11. The number of benzene rings is 1. The van der Waals surface area contributed by atoms with E-state index in [9.17, 15) is 9.59 Å². The number of aromatic nitrogens is 1. The van der Waals surface area contributed by atoms with Crippen LogP contribution in [-0.4, -0.2) is 34.3 Å². The smallest absolute Gasteiger partial charge is 0.274 e. The van der Waals surface area contributed by atoms with Crippen LogP contribution in [0.25, 0.3) is 10.4 Å². The standard InChI is InChI=1S/C17H19N3O2S/c1-10-3-5-12(6-4-10)16-15(19-11(2)23-16)17(22)20(9-14(18)21)13-7-8-13/h3-6,13H,7-9H2,1-2H3,(H2,18,21). The van der Waals surface area contributed by atoms with E-state index in [2.05, 4.69) is 4.98 Å². The zero-order chi connectivity index (χ0) is 16.6. The summed E-state index contributed by atoms with van der Waals surface area (Å²) in [6.45, 7) is 3.86. The van der Waals surface area contributed by atoms with E-state index in [-0.39, 0.29) is 18.5 Å². The van der Waals surface area contributed by atoms with Gasteiger partial charge in [0, 0.05) is 6.04 Å². The first-order valence-corrected chi connectivity index (χ1v) is 8.41. The second kappa shape index (κ2) is 6.12. The Labute approximate surface area is 139 Å². The fourth-order valence-electron chi connectivity index (χ4n) is 2.53. The molecule has 1 saturated carbocycles. The Hall–Kier alpha value is -2.21. The van der Waals surface area contributed by atoms with E-state index in [1.807, 2.05) is 38.1 Å². The van der Waals surface area contributed by atoms with Gasteiger partial charge in [-0.05, 0) is 32.3 Å². The molecule has 2 amide bonds. The van der Waals surface area contributed by atoms with E-state index in [0.717, 1.165) is 33.9 Å². The van der Waals surface area contributed by atoms with Gasteiger partial charge in [0.15, 0.2) is 0 Å². The highest BCUT2D eigenvalue weighted by Gasteiger charge is 2.36. The molecule has 2 N–H and O–H groups in total. The number of hydrogen-bond acceptors (Lipinski definition) is 4. The number of carbonyl (C=O) groups excluding carboxylic acids is 2. The van der Waals surface area contributed by atoms with Crippen LogP contribution in [0.3, 0.4) is 0 Å². The molecule has 1 aliphatic carbocycles. The van der Waals surface area contributed by atoms with Crippen molar-refractivity contribution in [1.82, 2.24) is 9.88 Å². The van der Waals surface area contributed by atoms with Crippen LogP contribution < -0.4 is 5.73 Å². The minimum atomic E-state index is -0.492. The molecule has 2 aromatic rings. The number of hydrogen-bond donors (Lipinski definition) is 1. The summed E-state index contributed by atoms with van der Waals surface area (Å²) in [5.41, 5.74) is 7.85. The fourth-order valence-corrected chi connectivity index (χ4v) is 3.45. The van der Waals surface area contributed by atoms with Crippen molar-refractivity contribution >= 4 is 23.2 Å². The van der Waals surface area contributed by atoms with Gasteiger partial charge in [0.25, 0.3) is 5.91 Å². The van der Waals surface area contributed by atoms with Crippen LogP contribution >= 0.6 is 11.3 Å². The summed E-state index contributed by atoms with van der Waals surface area (Å²) >= 11 is 1.50. The number of rotatable bonds is 5. The van der Waals surface area contributed by atoms with E-state index in [0.29, 0.717) is 5.69 Å². The molecule has 1 aromatic carbocycles. The van der Waals surface area contributed by atoms with Crippen molar-refractivity contribution < 1.29 is 9.59 Å². The summed E-state index contributed by atoms with van der Waals surface area (Å²) in [5, 5.41) is 0.832. The Bertz CT molecular complexity index is 748. The molecule has 5 nitrogen and oxygen atoms in total. The van der Waals surface area contributed by atoms with Gasteiger partial charge in [-0.2, -0.15) is 0 Å². The van der Waals surface area contributed by atoms with Gasteiger partial charge in [-0.1, -0.05) is 29.8 Å². The van der Waals surface area contributed by atoms with Crippen molar-refractivity contribution in [2.24, 2.45) is 5.73 Å². The highest BCUT2D eigenvalue weighted by molar-refractivity contribution is 7.15. The molecule has 1 heterocycles. The topological polar surface area (TPSA) is 76.3 Å².